The van der Waals surface area contributed by atoms with Crippen LogP contribution in [0.3, 0.4) is 0 Å². The monoisotopic (exact) mass is 294 g/mol. The summed E-state index contributed by atoms with van der Waals surface area (Å²) < 4.78 is 5.72. The summed E-state index contributed by atoms with van der Waals surface area (Å²) in [6.07, 6.45) is 3.14. The molecule has 0 aliphatic rings. The van der Waals surface area contributed by atoms with Crippen molar-refractivity contribution in [2.45, 2.75) is 6.92 Å². The number of halogens is 1. The van der Waals surface area contributed by atoms with Crippen LogP contribution >= 0.6 is 21.0 Å². The quantitative estimate of drug-likeness (QED) is 0.514. The van der Waals surface area contributed by atoms with Crippen LogP contribution in [0, 0.1) is 5.41 Å². The molecule has 0 fully saturated rings. The van der Waals surface area contributed by atoms with Gasteiger partial charge in [0.2, 0.25) is 0 Å². The van der Waals surface area contributed by atoms with E-state index in [9.17, 15) is 0 Å². The Kier molecular flexibility index (Phi) is 4.30. The van der Waals surface area contributed by atoms with Crippen LogP contribution in [0.25, 0.3) is 0 Å². The Hall–Kier alpha value is -1.71. The van der Waals surface area contributed by atoms with E-state index in [1.807, 2.05) is 0 Å². The van der Waals surface area contributed by atoms with Crippen molar-refractivity contribution in [1.82, 2.24) is 9.97 Å². The number of anilines is 1. The van der Waals surface area contributed by atoms with E-state index in [0.717, 1.165) is 0 Å². The Morgan fingerprint density at radius 1 is 1.37 bits per heavy atom. The second kappa shape index (κ2) is 5.95. The lowest BCUT2D eigenvalue weighted by Gasteiger charge is -2.13. The Morgan fingerprint density at radius 2 is 2.16 bits per heavy atom. The van der Waals surface area contributed by atoms with Crippen LogP contribution in [0.15, 0.2) is 30.6 Å². The molecule has 0 saturated heterocycles. The minimum Gasteiger partial charge on any atom is -0.455 e. The Balaban J connectivity index is 2.39. The van der Waals surface area contributed by atoms with E-state index >= 15 is 0 Å². The van der Waals surface area contributed by atoms with Crippen molar-refractivity contribution in [3.05, 3.63) is 41.3 Å². The van der Waals surface area contributed by atoms with E-state index in [1.54, 1.807) is 31.3 Å². The van der Waals surface area contributed by atoms with E-state index in [-0.39, 0.29) is 0 Å². The molecule has 1 unspecified atom stereocenters. The summed E-state index contributed by atoms with van der Waals surface area (Å²) in [5.74, 6) is 1.65. The van der Waals surface area contributed by atoms with Crippen LogP contribution < -0.4 is 9.82 Å². The molecule has 0 radical (unpaired) electrons. The first-order valence-corrected chi connectivity index (χ1v) is 6.38. The maximum atomic E-state index is 7.81. The molecule has 0 aliphatic carbocycles. The van der Waals surface area contributed by atoms with Gasteiger partial charge in [0, 0.05) is 11.9 Å². The summed E-state index contributed by atoms with van der Waals surface area (Å²) in [6.45, 7) is 1.68. The maximum absolute atomic E-state index is 7.81. The fraction of sp³-hybridized carbons (Fsp3) is 0.0833. The molecule has 19 heavy (non-hydrogen) atoms. The second-order valence-electron chi connectivity index (χ2n) is 3.72. The highest BCUT2D eigenvalue weighted by molar-refractivity contribution is 7.18. The number of aromatic nitrogens is 2. The minimum absolute atomic E-state index is 0.356. The molecule has 0 spiro atoms. The summed E-state index contributed by atoms with van der Waals surface area (Å²) in [6, 6.07) is 5.06. The van der Waals surface area contributed by atoms with E-state index in [1.165, 1.54) is 6.20 Å². The van der Waals surface area contributed by atoms with Gasteiger partial charge in [0.25, 0.3) is 0 Å². The average molecular weight is 295 g/mol. The van der Waals surface area contributed by atoms with Crippen molar-refractivity contribution < 1.29 is 4.74 Å². The van der Waals surface area contributed by atoms with E-state index in [4.69, 9.17) is 21.7 Å². The summed E-state index contributed by atoms with van der Waals surface area (Å²) in [5, 5.41) is 11.1. The van der Waals surface area contributed by atoms with Gasteiger partial charge in [-0.25, -0.2) is 9.97 Å². The second-order valence-corrected chi connectivity index (χ2v) is 4.40. The number of rotatable bonds is 4. The molecule has 5 nitrogen and oxygen atoms in total. The molecule has 2 rings (SSSR count). The zero-order valence-electron chi connectivity index (χ0n) is 10.1. The lowest BCUT2D eigenvalue weighted by atomic mass is 10.1. The van der Waals surface area contributed by atoms with Crippen molar-refractivity contribution in [2.75, 3.05) is 5.09 Å². The van der Waals surface area contributed by atoms with Crippen molar-refractivity contribution in [3.63, 3.8) is 0 Å². The van der Waals surface area contributed by atoms with E-state index < -0.39 is 0 Å². The summed E-state index contributed by atoms with van der Waals surface area (Å²) in [4.78, 5) is 8.09. The predicted octanol–water partition coefficient (Wildman–Crippen LogP) is 3.51. The van der Waals surface area contributed by atoms with Crippen LogP contribution in [0.2, 0.25) is 5.15 Å². The standard InChI is InChI=1S/C12H12ClN4OP/c1-7(14)11-9(4-5-15-12(11)17-19)18-8-2-3-10(13)16-6-8/h2-6,14H,19H2,1H3,(H,15,17). The van der Waals surface area contributed by atoms with Crippen LogP contribution in [-0.4, -0.2) is 15.7 Å². The maximum Gasteiger partial charge on any atom is 0.145 e. The third-order valence-corrected chi connectivity index (χ3v) is 2.85. The number of pyridine rings is 2. The average Bonchev–Trinajstić information content (AvgIpc) is 2.40. The number of hydrogen-bond donors (Lipinski definition) is 2. The van der Waals surface area contributed by atoms with Gasteiger partial charge in [-0.15, -0.1) is 0 Å². The fourth-order valence-corrected chi connectivity index (χ4v) is 1.88. The first kappa shape index (κ1) is 13.7. The van der Waals surface area contributed by atoms with Gasteiger partial charge in [0.05, 0.1) is 11.8 Å². The molecule has 0 amide bonds. The molecular formula is C12H12ClN4OP. The van der Waals surface area contributed by atoms with E-state index in [2.05, 4.69) is 24.4 Å². The van der Waals surface area contributed by atoms with Gasteiger partial charge in [0.1, 0.15) is 22.5 Å². The molecular weight excluding hydrogens is 283 g/mol. The smallest absolute Gasteiger partial charge is 0.145 e. The minimum atomic E-state index is 0.356. The van der Waals surface area contributed by atoms with Crippen molar-refractivity contribution in [3.8, 4) is 11.5 Å². The van der Waals surface area contributed by atoms with E-state index in [0.29, 0.717) is 33.7 Å². The Labute approximate surface area is 118 Å². The predicted molar refractivity (Wildman–Crippen MR) is 79.4 cm³/mol. The first-order valence-electron chi connectivity index (χ1n) is 5.42. The van der Waals surface area contributed by atoms with Gasteiger partial charge in [-0.1, -0.05) is 11.6 Å². The van der Waals surface area contributed by atoms with Gasteiger partial charge in [0.15, 0.2) is 0 Å². The van der Waals surface area contributed by atoms with Crippen LogP contribution in [0.4, 0.5) is 5.82 Å². The molecule has 0 bridgehead atoms. The zero-order chi connectivity index (χ0) is 13.8. The Bertz CT molecular complexity index is 603. The SMILES string of the molecule is CC(=N)c1c(Oc2ccc(Cl)nc2)ccnc1NP. The number of nitrogens with one attached hydrogen (secondary N) is 2. The molecule has 0 saturated carbocycles. The molecule has 2 aromatic heterocycles. The molecule has 0 aromatic carbocycles. The van der Waals surface area contributed by atoms with Gasteiger partial charge < -0.3 is 15.2 Å². The molecule has 2 N–H and O–H groups in total. The van der Waals surface area contributed by atoms with Crippen molar-refractivity contribution in [2.24, 2.45) is 0 Å². The molecule has 2 aromatic rings. The van der Waals surface area contributed by atoms with Crippen LogP contribution in [-0.2, 0) is 0 Å². The van der Waals surface area contributed by atoms with Crippen molar-refractivity contribution >= 4 is 32.5 Å². The molecule has 7 heteroatoms. The highest BCUT2D eigenvalue weighted by atomic mass is 35.5. The van der Waals surface area contributed by atoms with Crippen LogP contribution in [0.1, 0.15) is 12.5 Å². The third-order valence-electron chi connectivity index (χ3n) is 2.35. The molecule has 2 heterocycles. The lowest BCUT2D eigenvalue weighted by molar-refractivity contribution is 0.479. The van der Waals surface area contributed by atoms with Gasteiger partial charge in [-0.05, 0) is 34.5 Å². The zero-order valence-corrected chi connectivity index (χ0v) is 12.1. The topological polar surface area (TPSA) is 70.9 Å². The highest BCUT2D eigenvalue weighted by Gasteiger charge is 2.13. The Morgan fingerprint density at radius 3 is 2.74 bits per heavy atom. The van der Waals surface area contributed by atoms with Gasteiger partial charge in [-0.2, -0.15) is 0 Å². The largest absolute Gasteiger partial charge is 0.455 e. The number of hydrogen-bond acceptors (Lipinski definition) is 5. The van der Waals surface area contributed by atoms with Gasteiger partial charge in [-0.3, -0.25) is 0 Å². The van der Waals surface area contributed by atoms with Crippen molar-refractivity contribution in [1.29, 1.82) is 5.41 Å². The van der Waals surface area contributed by atoms with Gasteiger partial charge >= 0.3 is 0 Å². The summed E-state index contributed by atoms with van der Waals surface area (Å²) >= 11 is 5.72. The third kappa shape index (κ3) is 3.19. The number of ether oxygens (including phenoxy) is 1. The molecule has 0 aliphatic heterocycles. The lowest BCUT2D eigenvalue weighted by Crippen LogP contribution is -2.02. The summed E-state index contributed by atoms with van der Waals surface area (Å²) in [5.41, 5.74) is 0.961. The fourth-order valence-electron chi connectivity index (χ4n) is 1.55. The molecule has 1 atom stereocenters. The molecule has 98 valence electrons. The normalized spacial score (nSPS) is 10.1. The number of nitrogens with zero attached hydrogens (tertiary/aromatic N) is 2. The van der Waals surface area contributed by atoms with Crippen LogP contribution in [0.5, 0.6) is 11.5 Å². The summed E-state index contributed by atoms with van der Waals surface area (Å²) in [7, 11) is 2.36. The highest BCUT2D eigenvalue weighted by Crippen LogP contribution is 2.30. The first-order chi connectivity index (χ1) is 9.11.